The van der Waals surface area contributed by atoms with E-state index < -0.39 is 0 Å². The number of benzene rings is 1. The molecule has 2 nitrogen and oxygen atoms in total. The van der Waals surface area contributed by atoms with E-state index in [1.54, 1.807) is 30.6 Å². The summed E-state index contributed by atoms with van der Waals surface area (Å²) < 4.78 is 6.40. The molecular weight excluding hydrogens is 184 g/mol. The smallest absolute Gasteiger partial charge is 0.140 e. The second-order valence-electron chi connectivity index (χ2n) is 2.87. The van der Waals surface area contributed by atoms with E-state index in [0.29, 0.717) is 0 Å². The fourth-order valence-corrected chi connectivity index (χ4v) is 2.45. The lowest BCUT2D eigenvalue weighted by Gasteiger charge is -1.98. The second-order valence-corrected chi connectivity index (χ2v) is 4.13. The van der Waals surface area contributed by atoms with Crippen LogP contribution in [0.4, 0.5) is 0 Å². The van der Waals surface area contributed by atoms with Crippen molar-refractivity contribution in [1.82, 2.24) is 0 Å². The molecule has 0 spiro atoms. The van der Waals surface area contributed by atoms with Crippen molar-refractivity contribution in [3.8, 4) is 11.5 Å². The van der Waals surface area contributed by atoms with Crippen LogP contribution in [0.5, 0.6) is 11.5 Å². The summed E-state index contributed by atoms with van der Waals surface area (Å²) in [4.78, 5) is 1.14. The molecule has 0 saturated heterocycles. The zero-order chi connectivity index (χ0) is 9.42. The second kappa shape index (κ2) is 2.92. The molecule has 0 unspecified atom stereocenters. The number of rotatable bonds is 1. The Hall–Kier alpha value is -1.22. The summed E-state index contributed by atoms with van der Waals surface area (Å²) in [6, 6.07) is 5.33. The Morgan fingerprint density at radius 2 is 2.15 bits per heavy atom. The number of methoxy groups -OCH3 is 1. The van der Waals surface area contributed by atoms with Crippen LogP contribution in [0.3, 0.4) is 0 Å². The quantitative estimate of drug-likeness (QED) is 0.756. The van der Waals surface area contributed by atoms with Gasteiger partial charge in [0.25, 0.3) is 0 Å². The highest BCUT2D eigenvalue weighted by molar-refractivity contribution is 7.19. The van der Waals surface area contributed by atoms with Gasteiger partial charge in [-0.1, -0.05) is 0 Å². The number of fused-ring (bicyclic) bond motifs is 1. The number of ether oxygens (including phenoxy) is 1. The van der Waals surface area contributed by atoms with Crippen LogP contribution in [-0.4, -0.2) is 12.2 Å². The van der Waals surface area contributed by atoms with Crippen molar-refractivity contribution in [3.63, 3.8) is 0 Å². The molecule has 2 rings (SSSR count). The van der Waals surface area contributed by atoms with Gasteiger partial charge in [0.2, 0.25) is 0 Å². The maximum atomic E-state index is 9.31. The largest absolute Gasteiger partial charge is 0.508 e. The Balaban J connectivity index is 2.80. The van der Waals surface area contributed by atoms with Crippen LogP contribution in [0.2, 0.25) is 0 Å². The van der Waals surface area contributed by atoms with Crippen molar-refractivity contribution >= 4 is 21.4 Å². The van der Waals surface area contributed by atoms with Crippen molar-refractivity contribution in [3.05, 3.63) is 23.1 Å². The minimum absolute atomic E-state index is 0.281. The number of aryl methyl sites for hydroxylation is 1. The molecule has 0 bridgehead atoms. The maximum Gasteiger partial charge on any atom is 0.140 e. The Morgan fingerprint density at radius 3 is 2.85 bits per heavy atom. The lowest BCUT2D eigenvalue weighted by Crippen LogP contribution is -1.81. The van der Waals surface area contributed by atoms with E-state index in [9.17, 15) is 5.11 Å². The molecule has 0 saturated carbocycles. The van der Waals surface area contributed by atoms with E-state index in [4.69, 9.17) is 4.74 Å². The molecular formula is C10H10O2S. The van der Waals surface area contributed by atoms with Crippen molar-refractivity contribution in [1.29, 1.82) is 0 Å². The highest BCUT2D eigenvalue weighted by atomic mass is 32.1. The minimum Gasteiger partial charge on any atom is -0.508 e. The lowest BCUT2D eigenvalue weighted by molar-refractivity contribution is 0.418. The molecule has 68 valence electrons. The third-order valence-electron chi connectivity index (χ3n) is 1.99. The summed E-state index contributed by atoms with van der Waals surface area (Å²) in [7, 11) is 1.65. The summed E-state index contributed by atoms with van der Waals surface area (Å²) in [5.41, 5.74) is 0. The van der Waals surface area contributed by atoms with Crippen LogP contribution in [-0.2, 0) is 0 Å². The highest BCUT2D eigenvalue weighted by Crippen LogP contribution is 2.38. The van der Waals surface area contributed by atoms with Crippen molar-refractivity contribution in [2.45, 2.75) is 6.92 Å². The molecule has 0 amide bonds. The Bertz CT molecular complexity index is 445. The normalized spacial score (nSPS) is 10.6. The average molecular weight is 194 g/mol. The van der Waals surface area contributed by atoms with Crippen LogP contribution in [0, 0.1) is 6.92 Å². The fraction of sp³-hybridized carbons (Fsp3) is 0.200. The Kier molecular flexibility index (Phi) is 1.88. The summed E-state index contributed by atoms with van der Waals surface area (Å²) in [5, 5.41) is 10.3. The SMILES string of the molecule is COc1c(C)sc2ccc(O)cc12. The molecule has 0 fully saturated rings. The van der Waals surface area contributed by atoms with Gasteiger partial charge in [0, 0.05) is 15.0 Å². The van der Waals surface area contributed by atoms with E-state index in [1.165, 1.54) is 0 Å². The molecule has 0 aliphatic rings. The van der Waals surface area contributed by atoms with Gasteiger partial charge in [-0.15, -0.1) is 11.3 Å². The lowest BCUT2D eigenvalue weighted by atomic mass is 10.2. The minimum atomic E-state index is 0.281. The van der Waals surface area contributed by atoms with Gasteiger partial charge >= 0.3 is 0 Å². The van der Waals surface area contributed by atoms with Gasteiger partial charge in [-0.25, -0.2) is 0 Å². The van der Waals surface area contributed by atoms with Crippen molar-refractivity contribution < 1.29 is 9.84 Å². The first-order valence-electron chi connectivity index (χ1n) is 3.98. The van der Waals surface area contributed by atoms with E-state index in [2.05, 4.69) is 0 Å². The predicted octanol–water partition coefficient (Wildman–Crippen LogP) is 2.92. The Morgan fingerprint density at radius 1 is 1.38 bits per heavy atom. The first-order chi connectivity index (χ1) is 6.22. The van der Waals surface area contributed by atoms with Crippen LogP contribution in [0.1, 0.15) is 4.88 Å². The molecule has 1 heterocycles. The molecule has 1 aromatic carbocycles. The topological polar surface area (TPSA) is 29.5 Å². The van der Waals surface area contributed by atoms with E-state index in [0.717, 1.165) is 20.7 Å². The van der Waals surface area contributed by atoms with E-state index in [-0.39, 0.29) is 5.75 Å². The number of thiophene rings is 1. The fourth-order valence-electron chi connectivity index (χ4n) is 1.44. The third kappa shape index (κ3) is 1.25. The molecule has 0 radical (unpaired) electrons. The standard InChI is InChI=1S/C10H10O2S/c1-6-10(12-2)8-5-7(11)3-4-9(8)13-6/h3-5,11H,1-2H3. The summed E-state index contributed by atoms with van der Waals surface area (Å²) in [5.74, 6) is 1.15. The molecule has 2 aromatic rings. The van der Waals surface area contributed by atoms with E-state index in [1.807, 2.05) is 13.0 Å². The Labute approximate surface area is 80.4 Å². The van der Waals surface area contributed by atoms with Crippen LogP contribution in [0.25, 0.3) is 10.1 Å². The number of aromatic hydroxyl groups is 1. The monoisotopic (exact) mass is 194 g/mol. The third-order valence-corrected chi connectivity index (χ3v) is 3.06. The van der Waals surface area contributed by atoms with Gasteiger partial charge < -0.3 is 9.84 Å². The molecule has 0 atom stereocenters. The first kappa shape index (κ1) is 8.38. The van der Waals surface area contributed by atoms with Crippen molar-refractivity contribution in [2.24, 2.45) is 0 Å². The zero-order valence-corrected chi connectivity index (χ0v) is 8.31. The highest BCUT2D eigenvalue weighted by Gasteiger charge is 2.08. The predicted molar refractivity (Wildman–Crippen MR) is 54.8 cm³/mol. The average Bonchev–Trinajstić information content (AvgIpc) is 2.40. The number of hydrogen-bond acceptors (Lipinski definition) is 3. The number of hydrogen-bond donors (Lipinski definition) is 1. The summed E-state index contributed by atoms with van der Waals surface area (Å²) in [6.45, 7) is 2.01. The van der Waals surface area contributed by atoms with Gasteiger partial charge in [0.15, 0.2) is 0 Å². The maximum absolute atomic E-state index is 9.31. The van der Waals surface area contributed by atoms with E-state index >= 15 is 0 Å². The molecule has 0 aliphatic heterocycles. The molecule has 1 aromatic heterocycles. The van der Waals surface area contributed by atoms with Gasteiger partial charge in [0.1, 0.15) is 11.5 Å². The molecule has 1 N–H and O–H groups in total. The molecule has 3 heteroatoms. The zero-order valence-electron chi connectivity index (χ0n) is 7.50. The summed E-state index contributed by atoms with van der Waals surface area (Å²) >= 11 is 1.68. The summed E-state index contributed by atoms with van der Waals surface area (Å²) in [6.07, 6.45) is 0. The number of phenols is 1. The van der Waals surface area contributed by atoms with Gasteiger partial charge in [-0.05, 0) is 25.1 Å². The molecule has 13 heavy (non-hydrogen) atoms. The first-order valence-corrected chi connectivity index (χ1v) is 4.80. The number of phenolic OH excluding ortho intramolecular Hbond substituents is 1. The molecule has 0 aliphatic carbocycles. The van der Waals surface area contributed by atoms with Crippen molar-refractivity contribution in [2.75, 3.05) is 7.11 Å². The van der Waals surface area contributed by atoms with Gasteiger partial charge in [-0.3, -0.25) is 0 Å². The van der Waals surface area contributed by atoms with Gasteiger partial charge in [0.05, 0.1) is 7.11 Å². The van der Waals surface area contributed by atoms with Crippen LogP contribution >= 0.6 is 11.3 Å². The van der Waals surface area contributed by atoms with Crippen LogP contribution in [0.15, 0.2) is 18.2 Å². The van der Waals surface area contributed by atoms with Crippen LogP contribution < -0.4 is 4.74 Å². The van der Waals surface area contributed by atoms with Gasteiger partial charge in [-0.2, -0.15) is 0 Å².